The topological polar surface area (TPSA) is 28.2 Å². The predicted octanol–water partition coefficient (Wildman–Crippen LogP) is 2.52. The molecule has 3 nitrogen and oxygen atoms in total. The van der Waals surface area contributed by atoms with E-state index in [4.69, 9.17) is 0 Å². The molecule has 1 saturated heterocycles. The van der Waals surface area contributed by atoms with Gasteiger partial charge < -0.3 is 5.32 Å². The second-order valence-electron chi connectivity index (χ2n) is 5.14. The normalized spacial score (nSPS) is 26.6. The highest BCUT2D eigenvalue weighted by Gasteiger charge is 2.34. The van der Waals surface area contributed by atoms with E-state index in [-0.39, 0.29) is 0 Å². The smallest absolute Gasteiger partial charge is 0.0794 e. The third-order valence-electron chi connectivity index (χ3n) is 3.67. The summed E-state index contributed by atoms with van der Waals surface area (Å²) in [6, 6.07) is 1.17. The SMILES string of the molecule is CNCC1CCCN(C(C)C)C1c1cncs1. The molecule has 17 heavy (non-hydrogen) atoms. The number of likely N-dealkylation sites (tertiary alicyclic amines) is 1. The third-order valence-corrected chi connectivity index (χ3v) is 4.51. The van der Waals surface area contributed by atoms with Gasteiger partial charge in [0.1, 0.15) is 0 Å². The highest BCUT2D eigenvalue weighted by Crippen LogP contribution is 2.38. The number of nitrogens with zero attached hydrogens (tertiary/aromatic N) is 2. The molecule has 0 bridgehead atoms. The van der Waals surface area contributed by atoms with Crippen LogP contribution >= 0.6 is 11.3 Å². The Hall–Kier alpha value is -0.450. The molecule has 0 aromatic carbocycles. The first-order chi connectivity index (χ1) is 8.24. The van der Waals surface area contributed by atoms with Gasteiger partial charge in [-0.25, -0.2) is 0 Å². The van der Waals surface area contributed by atoms with Gasteiger partial charge in [0.15, 0.2) is 0 Å². The Bertz CT molecular complexity index is 321. The van der Waals surface area contributed by atoms with E-state index in [2.05, 4.69) is 42.3 Å². The Morgan fingerprint density at radius 2 is 2.41 bits per heavy atom. The van der Waals surface area contributed by atoms with E-state index in [1.807, 2.05) is 5.51 Å². The van der Waals surface area contributed by atoms with E-state index in [1.165, 1.54) is 24.3 Å². The predicted molar refractivity (Wildman–Crippen MR) is 73.3 cm³/mol. The summed E-state index contributed by atoms with van der Waals surface area (Å²) in [6.07, 6.45) is 4.70. The minimum atomic E-state index is 0.559. The van der Waals surface area contributed by atoms with E-state index in [0.29, 0.717) is 12.1 Å². The molecule has 0 aliphatic carbocycles. The van der Waals surface area contributed by atoms with Crippen molar-refractivity contribution < 1.29 is 0 Å². The van der Waals surface area contributed by atoms with Gasteiger partial charge in [0.25, 0.3) is 0 Å². The number of hydrogen-bond acceptors (Lipinski definition) is 4. The van der Waals surface area contributed by atoms with Gasteiger partial charge in [-0.3, -0.25) is 9.88 Å². The van der Waals surface area contributed by atoms with Crippen LogP contribution in [0.4, 0.5) is 0 Å². The first kappa shape index (κ1) is 13.0. The Labute approximate surface area is 108 Å². The van der Waals surface area contributed by atoms with Crippen molar-refractivity contribution in [2.75, 3.05) is 20.1 Å². The van der Waals surface area contributed by atoms with Gasteiger partial charge >= 0.3 is 0 Å². The summed E-state index contributed by atoms with van der Waals surface area (Å²) in [4.78, 5) is 8.32. The molecule has 2 rings (SSSR count). The van der Waals surface area contributed by atoms with Crippen LogP contribution in [0.1, 0.15) is 37.6 Å². The zero-order valence-corrected chi connectivity index (χ0v) is 11.8. The average Bonchev–Trinajstić information content (AvgIpc) is 2.82. The fourth-order valence-electron chi connectivity index (χ4n) is 2.93. The molecule has 1 aromatic rings. The average molecular weight is 253 g/mol. The van der Waals surface area contributed by atoms with Crippen molar-refractivity contribution >= 4 is 11.3 Å². The molecule has 1 aliphatic heterocycles. The van der Waals surface area contributed by atoms with Crippen LogP contribution in [0, 0.1) is 5.92 Å². The van der Waals surface area contributed by atoms with Crippen molar-refractivity contribution in [1.29, 1.82) is 0 Å². The molecule has 1 aliphatic rings. The third kappa shape index (κ3) is 2.87. The zero-order valence-electron chi connectivity index (χ0n) is 11.0. The molecule has 4 heteroatoms. The molecule has 1 fully saturated rings. The first-order valence-corrected chi connectivity index (χ1v) is 7.40. The standard InChI is InChI=1S/C13H23N3S/c1-10(2)16-6-4-5-11(7-14-3)13(16)12-8-15-9-17-12/h8-11,13-14H,4-7H2,1-3H3. The second kappa shape index (κ2) is 5.94. The van der Waals surface area contributed by atoms with Crippen LogP contribution < -0.4 is 5.32 Å². The molecule has 0 saturated carbocycles. The van der Waals surface area contributed by atoms with E-state index < -0.39 is 0 Å². The second-order valence-corrected chi connectivity index (χ2v) is 6.06. The molecule has 1 N–H and O–H groups in total. The van der Waals surface area contributed by atoms with Crippen LogP contribution in [-0.2, 0) is 0 Å². The van der Waals surface area contributed by atoms with Gasteiger partial charge in [0, 0.05) is 17.1 Å². The molecule has 0 amide bonds. The lowest BCUT2D eigenvalue weighted by Gasteiger charge is -2.43. The minimum Gasteiger partial charge on any atom is -0.319 e. The van der Waals surface area contributed by atoms with Crippen molar-refractivity contribution in [1.82, 2.24) is 15.2 Å². The quantitative estimate of drug-likeness (QED) is 0.894. The number of piperidine rings is 1. The van der Waals surface area contributed by atoms with Crippen molar-refractivity contribution in [2.24, 2.45) is 5.92 Å². The Morgan fingerprint density at radius 1 is 1.59 bits per heavy atom. The first-order valence-electron chi connectivity index (χ1n) is 6.52. The molecular formula is C13H23N3S. The number of nitrogens with one attached hydrogen (secondary N) is 1. The van der Waals surface area contributed by atoms with E-state index in [1.54, 1.807) is 11.3 Å². The Balaban J connectivity index is 2.22. The molecule has 1 aromatic heterocycles. The molecule has 0 spiro atoms. The van der Waals surface area contributed by atoms with Crippen LogP contribution in [0.3, 0.4) is 0 Å². The highest BCUT2D eigenvalue weighted by molar-refractivity contribution is 7.09. The van der Waals surface area contributed by atoms with Crippen molar-refractivity contribution in [3.63, 3.8) is 0 Å². The lowest BCUT2D eigenvalue weighted by molar-refractivity contribution is 0.0657. The van der Waals surface area contributed by atoms with E-state index >= 15 is 0 Å². The van der Waals surface area contributed by atoms with Crippen LogP contribution in [0.2, 0.25) is 0 Å². The lowest BCUT2D eigenvalue weighted by atomic mass is 9.87. The molecule has 2 atom stereocenters. The summed E-state index contributed by atoms with van der Waals surface area (Å²) in [6.45, 7) is 6.93. The number of thiazole rings is 1. The van der Waals surface area contributed by atoms with Crippen LogP contribution in [0.5, 0.6) is 0 Å². The van der Waals surface area contributed by atoms with Crippen molar-refractivity contribution in [3.05, 3.63) is 16.6 Å². The largest absolute Gasteiger partial charge is 0.319 e. The van der Waals surface area contributed by atoms with Gasteiger partial charge in [-0.2, -0.15) is 0 Å². The van der Waals surface area contributed by atoms with Gasteiger partial charge in [-0.1, -0.05) is 0 Å². The lowest BCUT2D eigenvalue weighted by Crippen LogP contribution is -2.45. The monoisotopic (exact) mass is 253 g/mol. The molecule has 96 valence electrons. The summed E-state index contributed by atoms with van der Waals surface area (Å²) >= 11 is 1.80. The molecule has 2 unspecified atom stereocenters. The van der Waals surface area contributed by atoms with E-state index in [9.17, 15) is 0 Å². The minimum absolute atomic E-state index is 0.559. The fourth-order valence-corrected chi connectivity index (χ4v) is 3.76. The zero-order chi connectivity index (χ0) is 12.3. The molecule has 2 heterocycles. The number of hydrogen-bond donors (Lipinski definition) is 1. The van der Waals surface area contributed by atoms with Gasteiger partial charge in [-0.05, 0) is 52.7 Å². The Kier molecular flexibility index (Phi) is 4.54. The number of rotatable bonds is 4. The van der Waals surface area contributed by atoms with Gasteiger partial charge in [0.05, 0.1) is 11.6 Å². The van der Waals surface area contributed by atoms with Crippen LogP contribution in [0.25, 0.3) is 0 Å². The summed E-state index contributed by atoms with van der Waals surface area (Å²) in [5.74, 6) is 0.719. The number of aromatic nitrogens is 1. The molecule has 0 radical (unpaired) electrons. The van der Waals surface area contributed by atoms with Crippen molar-refractivity contribution in [2.45, 2.75) is 38.8 Å². The summed E-state index contributed by atoms with van der Waals surface area (Å²) in [7, 11) is 2.05. The van der Waals surface area contributed by atoms with Crippen LogP contribution in [-0.4, -0.2) is 36.1 Å². The summed E-state index contributed by atoms with van der Waals surface area (Å²) < 4.78 is 0. The fraction of sp³-hybridized carbons (Fsp3) is 0.769. The van der Waals surface area contributed by atoms with Gasteiger partial charge in [-0.15, -0.1) is 11.3 Å². The summed E-state index contributed by atoms with van der Waals surface area (Å²) in [5.41, 5.74) is 1.96. The molecular weight excluding hydrogens is 230 g/mol. The maximum atomic E-state index is 4.26. The maximum absolute atomic E-state index is 4.26. The van der Waals surface area contributed by atoms with Crippen LogP contribution in [0.15, 0.2) is 11.7 Å². The Morgan fingerprint density at radius 3 is 3.00 bits per heavy atom. The summed E-state index contributed by atoms with van der Waals surface area (Å²) in [5, 5.41) is 3.35. The van der Waals surface area contributed by atoms with E-state index in [0.717, 1.165) is 12.5 Å². The maximum Gasteiger partial charge on any atom is 0.0794 e. The van der Waals surface area contributed by atoms with Crippen molar-refractivity contribution in [3.8, 4) is 0 Å². The van der Waals surface area contributed by atoms with Gasteiger partial charge in [0.2, 0.25) is 0 Å². The highest BCUT2D eigenvalue weighted by atomic mass is 32.1.